The number of hydrogen-bond acceptors (Lipinski definition) is 6. The fourth-order valence-corrected chi connectivity index (χ4v) is 6.23. The van der Waals surface area contributed by atoms with E-state index in [1.165, 1.54) is 89.9 Å². The third kappa shape index (κ3) is 5.41. The molecule has 0 spiro atoms. The summed E-state index contributed by atoms with van der Waals surface area (Å²) in [6, 6.07) is 9.86. The molecule has 1 aliphatic carbocycles. The number of nitro groups is 1. The molecular weight excluding hydrogens is 653 g/mol. The van der Waals surface area contributed by atoms with E-state index in [4.69, 9.17) is 5.11 Å². The number of benzene rings is 2. The number of carbonyl (C=O) groups is 1. The molecule has 2 heterocycles. The van der Waals surface area contributed by atoms with E-state index in [2.05, 4.69) is 31.0 Å². The number of nitrogens with zero attached hydrogens (tertiary/aromatic N) is 2. The molecule has 8 heteroatoms. The number of carbonyl (C=O) groups excluding carboxylic acids is 1. The van der Waals surface area contributed by atoms with E-state index in [1.54, 1.807) is 23.0 Å². The second-order valence-electron chi connectivity index (χ2n) is 8.87. The van der Waals surface area contributed by atoms with E-state index in [9.17, 15) is 14.9 Å². The Labute approximate surface area is 227 Å². The third-order valence-electron chi connectivity index (χ3n) is 6.37. The number of nitro benzene ring substituents is 1. The Bertz CT molecular complexity index is 1490. The molecule has 0 aliphatic heterocycles. The van der Waals surface area contributed by atoms with Crippen LogP contribution in [0, 0.1) is 30.0 Å². The van der Waals surface area contributed by atoms with Gasteiger partial charge in [0, 0.05) is 57.8 Å². The maximum Gasteiger partial charge on any atom is 0.190 e. The number of aryl methyl sites for hydroxylation is 2. The van der Waals surface area contributed by atoms with Gasteiger partial charge in [-0.25, -0.2) is 0 Å². The van der Waals surface area contributed by atoms with Crippen LogP contribution in [0.5, 0.6) is 0 Å². The average molecular weight is 680 g/mol. The van der Waals surface area contributed by atoms with Gasteiger partial charge < -0.3 is 10.1 Å². The smallest absolute Gasteiger partial charge is 0.190 e. The van der Waals surface area contributed by atoms with Crippen LogP contribution in [0.25, 0.3) is 31.4 Å². The SMILES string of the molecule is CC(=O)/C=C(/C)O.Cc1c2c(c(C)c3c1sc1c(-c4[c-]cc([N+](=O)[O-])cc4)nccc13)CCCC2.[Ir]. The molecule has 0 bridgehead atoms. The molecule has 0 unspecified atom stereocenters. The fourth-order valence-electron chi connectivity index (χ4n) is 4.84. The molecule has 6 nitrogen and oxygen atoms in total. The second-order valence-corrected chi connectivity index (χ2v) is 9.89. The number of thiophene rings is 1. The predicted octanol–water partition coefficient (Wildman–Crippen LogP) is 7.36. The number of aliphatic hydroxyl groups excluding tert-OH is 1. The van der Waals surface area contributed by atoms with Crippen LogP contribution in [0.1, 0.15) is 48.9 Å². The largest absolute Gasteiger partial charge is 0.512 e. The summed E-state index contributed by atoms with van der Waals surface area (Å²) in [5.74, 6) is -0.0625. The summed E-state index contributed by atoms with van der Waals surface area (Å²) >= 11 is 1.79. The number of rotatable bonds is 3. The van der Waals surface area contributed by atoms with Crippen LogP contribution in [0.15, 0.2) is 42.3 Å². The van der Waals surface area contributed by atoms with E-state index >= 15 is 0 Å². The molecule has 0 fully saturated rings. The minimum atomic E-state index is -0.398. The number of aromatic nitrogens is 1. The molecule has 0 saturated heterocycles. The zero-order chi connectivity index (χ0) is 25.3. The fraction of sp³-hybridized carbons (Fsp3) is 0.286. The van der Waals surface area contributed by atoms with Gasteiger partial charge in [0.05, 0.1) is 5.76 Å². The first-order valence-electron chi connectivity index (χ1n) is 11.6. The van der Waals surface area contributed by atoms with E-state index in [-0.39, 0.29) is 37.3 Å². The summed E-state index contributed by atoms with van der Waals surface area (Å²) in [5, 5.41) is 21.9. The maximum absolute atomic E-state index is 11.0. The molecule has 0 saturated carbocycles. The van der Waals surface area contributed by atoms with E-state index in [0.717, 1.165) is 16.0 Å². The molecule has 0 amide bonds. The van der Waals surface area contributed by atoms with Crippen molar-refractivity contribution in [3.63, 3.8) is 0 Å². The zero-order valence-corrected chi connectivity index (χ0v) is 23.8. The van der Waals surface area contributed by atoms with Gasteiger partial charge in [0.15, 0.2) is 11.5 Å². The van der Waals surface area contributed by atoms with Gasteiger partial charge >= 0.3 is 0 Å². The van der Waals surface area contributed by atoms with Gasteiger partial charge in [-0.05, 0) is 87.1 Å². The number of ketones is 1. The molecule has 2 aromatic heterocycles. The van der Waals surface area contributed by atoms with Crippen LogP contribution in [0.3, 0.4) is 0 Å². The summed E-state index contributed by atoms with van der Waals surface area (Å²) < 4.78 is 2.49. The van der Waals surface area contributed by atoms with Crippen molar-refractivity contribution < 1.29 is 34.9 Å². The molecule has 1 N–H and O–H groups in total. The minimum absolute atomic E-state index is 0. The molecule has 2 aromatic carbocycles. The van der Waals surface area contributed by atoms with Gasteiger partial charge in [-0.15, -0.1) is 29.0 Å². The Balaban J connectivity index is 0.000000400. The van der Waals surface area contributed by atoms with Crippen LogP contribution in [-0.4, -0.2) is 20.8 Å². The molecule has 1 aliphatic rings. The molecule has 5 rings (SSSR count). The molecule has 1 radical (unpaired) electrons. The Morgan fingerprint density at radius 3 is 2.31 bits per heavy atom. The van der Waals surface area contributed by atoms with E-state index in [1.807, 2.05) is 6.20 Å². The standard InChI is InChI=1S/C23H19N2O2S.C5H8O2.Ir/c1-13-17-5-3-4-6-18(17)14(2)22-20(13)19-11-12-24-21(23(19)28-22)15-7-9-16(10-8-15)25(26)27;1-4(6)3-5(2)7;/h7,9-12H,3-6H2,1-2H3;3,6H,1-2H3;/q-1;;/b;4-3-;. The zero-order valence-electron chi connectivity index (χ0n) is 20.6. The Morgan fingerprint density at radius 2 is 1.78 bits per heavy atom. The van der Waals surface area contributed by atoms with Gasteiger partial charge in [-0.1, -0.05) is 12.1 Å². The van der Waals surface area contributed by atoms with Crippen molar-refractivity contribution in [3.05, 3.63) is 80.7 Å². The van der Waals surface area contributed by atoms with Crippen molar-refractivity contribution in [1.29, 1.82) is 0 Å². The van der Waals surface area contributed by atoms with E-state index < -0.39 is 4.92 Å². The first-order valence-corrected chi connectivity index (χ1v) is 12.4. The summed E-state index contributed by atoms with van der Waals surface area (Å²) in [7, 11) is 0. The topological polar surface area (TPSA) is 93.3 Å². The Hall–Kier alpha value is -2.93. The first kappa shape index (κ1) is 27.7. The van der Waals surface area contributed by atoms with Crippen molar-refractivity contribution in [1.82, 2.24) is 4.98 Å². The monoisotopic (exact) mass is 680 g/mol. The summed E-state index contributed by atoms with van der Waals surface area (Å²) in [6.45, 7) is 7.36. The number of aliphatic hydroxyl groups is 1. The number of hydrogen-bond donors (Lipinski definition) is 1. The third-order valence-corrected chi connectivity index (χ3v) is 7.70. The van der Waals surface area contributed by atoms with Gasteiger partial charge in [0.2, 0.25) is 0 Å². The quantitative estimate of drug-likeness (QED) is 0.0804. The summed E-state index contributed by atoms with van der Waals surface area (Å²) in [5.41, 5.74) is 7.59. The molecule has 189 valence electrons. The second kappa shape index (κ2) is 11.4. The van der Waals surface area contributed by atoms with Crippen LogP contribution in [0.2, 0.25) is 0 Å². The van der Waals surface area contributed by atoms with Crippen molar-refractivity contribution in [2.75, 3.05) is 0 Å². The predicted molar refractivity (Wildman–Crippen MR) is 141 cm³/mol. The van der Waals surface area contributed by atoms with Crippen molar-refractivity contribution >= 4 is 43.0 Å². The normalized spacial score (nSPS) is 12.9. The van der Waals surface area contributed by atoms with Gasteiger partial charge in [0.1, 0.15) is 0 Å². The molecule has 0 atom stereocenters. The molecule has 4 aromatic rings. The summed E-state index contributed by atoms with van der Waals surface area (Å²) in [4.78, 5) is 25.2. The van der Waals surface area contributed by atoms with Crippen LogP contribution >= 0.6 is 11.3 Å². The van der Waals surface area contributed by atoms with Crippen molar-refractivity contribution in [2.45, 2.75) is 53.4 Å². The number of fused-ring (bicyclic) bond motifs is 4. The first-order chi connectivity index (χ1) is 16.7. The summed E-state index contributed by atoms with van der Waals surface area (Å²) in [6.07, 6.45) is 7.89. The van der Waals surface area contributed by atoms with Gasteiger partial charge in [-0.3, -0.25) is 14.9 Å². The minimum Gasteiger partial charge on any atom is -0.512 e. The molecular formula is C28H27IrN2O4S-. The number of allylic oxidation sites excluding steroid dienone is 2. The average Bonchev–Trinajstić information content (AvgIpc) is 3.22. The Kier molecular flexibility index (Phi) is 8.77. The van der Waals surface area contributed by atoms with E-state index in [0.29, 0.717) is 0 Å². The van der Waals surface area contributed by atoms with Gasteiger partial charge in [-0.2, -0.15) is 0 Å². The van der Waals surface area contributed by atoms with Crippen molar-refractivity contribution in [2.24, 2.45) is 0 Å². The van der Waals surface area contributed by atoms with Crippen molar-refractivity contribution in [3.8, 4) is 11.3 Å². The van der Waals surface area contributed by atoms with Gasteiger partial charge in [0.25, 0.3) is 0 Å². The molecule has 36 heavy (non-hydrogen) atoms. The maximum atomic E-state index is 11.0. The van der Waals surface area contributed by atoms with Crippen LogP contribution in [0.4, 0.5) is 5.69 Å². The number of pyridine rings is 1. The Morgan fingerprint density at radius 1 is 1.11 bits per heavy atom. The number of non-ortho nitro benzene ring substituents is 1. The van der Waals surface area contributed by atoms with Crippen LogP contribution in [-0.2, 0) is 37.7 Å². The van der Waals surface area contributed by atoms with Crippen LogP contribution < -0.4 is 0 Å².